The van der Waals surface area contributed by atoms with Crippen LogP contribution in [-0.2, 0) is 0 Å². The van der Waals surface area contributed by atoms with Gasteiger partial charge in [0.05, 0.1) is 0 Å². The van der Waals surface area contributed by atoms with Crippen molar-refractivity contribution in [1.82, 2.24) is 9.97 Å². The Morgan fingerprint density at radius 1 is 1.43 bits per heavy atom. The molecule has 0 aromatic carbocycles. The number of nitrogens with zero attached hydrogens (tertiary/aromatic N) is 2. The molecule has 0 radical (unpaired) electrons. The Labute approximate surface area is 82.0 Å². The first-order valence-corrected chi connectivity index (χ1v) is 4.30. The summed E-state index contributed by atoms with van der Waals surface area (Å²) >= 11 is 0. The number of nitrogens with two attached hydrogens (primary N) is 1. The van der Waals surface area contributed by atoms with Gasteiger partial charge >= 0.3 is 5.97 Å². The monoisotopic (exact) mass is 195 g/mol. The summed E-state index contributed by atoms with van der Waals surface area (Å²) in [5.74, 6) is -0.305. The minimum Gasteiger partial charge on any atom is -0.476 e. The van der Waals surface area contributed by atoms with Gasteiger partial charge in [0.2, 0.25) is 0 Å². The average Bonchev–Trinajstić information content (AvgIpc) is 2.08. The van der Waals surface area contributed by atoms with E-state index in [9.17, 15) is 4.79 Å². The molecule has 5 nitrogen and oxygen atoms in total. The molecule has 0 atom stereocenters. The zero-order chi connectivity index (χ0) is 10.9. The van der Waals surface area contributed by atoms with Crippen molar-refractivity contribution >= 4 is 11.8 Å². The van der Waals surface area contributed by atoms with Crippen molar-refractivity contribution in [1.29, 1.82) is 0 Å². The lowest BCUT2D eigenvalue weighted by atomic mass is 10.1. The van der Waals surface area contributed by atoms with Gasteiger partial charge in [-0.05, 0) is 6.92 Å². The summed E-state index contributed by atoms with van der Waals surface area (Å²) in [7, 11) is 0. The minimum absolute atomic E-state index is 0.0128. The maximum Gasteiger partial charge on any atom is 0.354 e. The van der Waals surface area contributed by atoms with E-state index in [4.69, 9.17) is 10.8 Å². The first-order valence-electron chi connectivity index (χ1n) is 4.30. The van der Waals surface area contributed by atoms with Crippen LogP contribution < -0.4 is 5.73 Å². The van der Waals surface area contributed by atoms with Gasteiger partial charge < -0.3 is 10.8 Å². The third-order valence-corrected chi connectivity index (χ3v) is 1.92. The number of aromatic carboxylic acids is 1. The molecule has 0 fully saturated rings. The maximum absolute atomic E-state index is 10.8. The molecule has 0 aliphatic rings. The molecular weight excluding hydrogens is 182 g/mol. The van der Waals surface area contributed by atoms with E-state index in [1.165, 1.54) is 0 Å². The van der Waals surface area contributed by atoms with Crippen molar-refractivity contribution in [3.05, 3.63) is 17.1 Å². The van der Waals surface area contributed by atoms with Crippen LogP contribution in [0.5, 0.6) is 0 Å². The number of hydrogen-bond acceptors (Lipinski definition) is 4. The van der Waals surface area contributed by atoms with Gasteiger partial charge in [0.1, 0.15) is 11.6 Å². The second kappa shape index (κ2) is 3.61. The van der Waals surface area contributed by atoms with Crippen LogP contribution in [0.25, 0.3) is 0 Å². The Bertz CT molecular complexity index is 375. The number of hydrogen-bond donors (Lipinski definition) is 2. The SMILES string of the molecule is Cc1c(N)nc(C(C)C)nc1C(=O)O. The van der Waals surface area contributed by atoms with Crippen molar-refractivity contribution in [2.75, 3.05) is 5.73 Å². The van der Waals surface area contributed by atoms with Gasteiger partial charge in [-0.3, -0.25) is 0 Å². The van der Waals surface area contributed by atoms with Gasteiger partial charge in [-0.25, -0.2) is 14.8 Å². The van der Waals surface area contributed by atoms with Gasteiger partial charge in [-0.2, -0.15) is 0 Å². The van der Waals surface area contributed by atoms with E-state index in [0.717, 1.165) is 0 Å². The summed E-state index contributed by atoms with van der Waals surface area (Å²) in [6.45, 7) is 5.37. The van der Waals surface area contributed by atoms with Crippen LogP contribution in [0.15, 0.2) is 0 Å². The van der Waals surface area contributed by atoms with Gasteiger partial charge in [0.15, 0.2) is 5.69 Å². The molecule has 0 unspecified atom stereocenters. The average molecular weight is 195 g/mol. The molecule has 0 bridgehead atoms. The summed E-state index contributed by atoms with van der Waals surface area (Å²) in [6, 6.07) is 0. The molecular formula is C9H13N3O2. The Morgan fingerprint density at radius 2 is 2.00 bits per heavy atom. The van der Waals surface area contributed by atoms with Gasteiger partial charge in [-0.1, -0.05) is 13.8 Å². The predicted octanol–water partition coefficient (Wildman–Crippen LogP) is 1.19. The normalized spacial score (nSPS) is 10.6. The molecule has 5 heteroatoms. The Balaban J connectivity index is 3.35. The molecule has 0 spiro atoms. The van der Waals surface area contributed by atoms with Gasteiger partial charge in [-0.15, -0.1) is 0 Å². The zero-order valence-corrected chi connectivity index (χ0v) is 8.40. The van der Waals surface area contributed by atoms with Crippen molar-refractivity contribution in [2.24, 2.45) is 0 Å². The Hall–Kier alpha value is -1.65. The Kier molecular flexibility index (Phi) is 2.69. The molecule has 0 saturated carbocycles. The number of nitrogen functional groups attached to an aromatic ring is 1. The maximum atomic E-state index is 10.8. The second-order valence-corrected chi connectivity index (χ2v) is 3.40. The standard InChI is InChI=1S/C9H13N3O2/c1-4(2)8-11-6(9(13)14)5(3)7(10)12-8/h4H,1-3H3,(H,13,14)(H2,10,11,12). The van der Waals surface area contributed by atoms with E-state index in [-0.39, 0.29) is 17.4 Å². The fraction of sp³-hybridized carbons (Fsp3) is 0.444. The highest BCUT2D eigenvalue weighted by molar-refractivity contribution is 5.88. The van der Waals surface area contributed by atoms with E-state index in [0.29, 0.717) is 11.4 Å². The highest BCUT2D eigenvalue weighted by atomic mass is 16.4. The predicted molar refractivity (Wildman–Crippen MR) is 52.2 cm³/mol. The number of aromatic nitrogens is 2. The fourth-order valence-corrected chi connectivity index (χ4v) is 1.02. The van der Waals surface area contributed by atoms with Crippen LogP contribution in [0.3, 0.4) is 0 Å². The van der Waals surface area contributed by atoms with E-state index in [1.807, 2.05) is 13.8 Å². The van der Waals surface area contributed by atoms with Crippen LogP contribution in [-0.4, -0.2) is 21.0 Å². The first-order chi connectivity index (χ1) is 6.43. The van der Waals surface area contributed by atoms with Crippen molar-refractivity contribution < 1.29 is 9.90 Å². The van der Waals surface area contributed by atoms with Crippen molar-refractivity contribution in [3.63, 3.8) is 0 Å². The number of carboxylic acids is 1. The molecule has 1 heterocycles. The van der Waals surface area contributed by atoms with Crippen LogP contribution in [0.4, 0.5) is 5.82 Å². The molecule has 0 amide bonds. The topological polar surface area (TPSA) is 89.1 Å². The minimum atomic E-state index is -1.07. The Morgan fingerprint density at radius 3 is 2.43 bits per heavy atom. The highest BCUT2D eigenvalue weighted by Gasteiger charge is 2.15. The number of anilines is 1. The lowest BCUT2D eigenvalue weighted by Gasteiger charge is -2.08. The largest absolute Gasteiger partial charge is 0.476 e. The highest BCUT2D eigenvalue weighted by Crippen LogP contribution is 2.16. The molecule has 0 saturated heterocycles. The second-order valence-electron chi connectivity index (χ2n) is 3.40. The van der Waals surface area contributed by atoms with Crippen molar-refractivity contribution in [3.8, 4) is 0 Å². The molecule has 3 N–H and O–H groups in total. The summed E-state index contributed by atoms with van der Waals surface area (Å²) in [6.07, 6.45) is 0. The van der Waals surface area contributed by atoms with E-state index in [1.54, 1.807) is 6.92 Å². The third kappa shape index (κ3) is 1.81. The quantitative estimate of drug-likeness (QED) is 0.739. The lowest BCUT2D eigenvalue weighted by Crippen LogP contribution is -2.12. The molecule has 1 aromatic heterocycles. The zero-order valence-electron chi connectivity index (χ0n) is 8.40. The summed E-state index contributed by atoms with van der Waals surface area (Å²) in [5.41, 5.74) is 5.99. The molecule has 0 aliphatic carbocycles. The van der Waals surface area contributed by atoms with E-state index < -0.39 is 5.97 Å². The van der Waals surface area contributed by atoms with Gasteiger partial charge in [0.25, 0.3) is 0 Å². The fourth-order valence-electron chi connectivity index (χ4n) is 1.02. The molecule has 1 rings (SSSR count). The third-order valence-electron chi connectivity index (χ3n) is 1.92. The molecule has 76 valence electrons. The van der Waals surface area contributed by atoms with Gasteiger partial charge in [0, 0.05) is 11.5 Å². The van der Waals surface area contributed by atoms with Crippen molar-refractivity contribution in [2.45, 2.75) is 26.7 Å². The first kappa shape index (κ1) is 10.4. The number of carbonyl (C=O) groups is 1. The summed E-state index contributed by atoms with van der Waals surface area (Å²) in [4.78, 5) is 18.8. The molecule has 14 heavy (non-hydrogen) atoms. The van der Waals surface area contributed by atoms with Crippen LogP contribution in [0.1, 0.15) is 41.6 Å². The summed E-state index contributed by atoms with van der Waals surface area (Å²) < 4.78 is 0. The van der Waals surface area contributed by atoms with E-state index in [2.05, 4.69) is 9.97 Å². The van der Waals surface area contributed by atoms with E-state index >= 15 is 0 Å². The summed E-state index contributed by atoms with van der Waals surface area (Å²) in [5, 5.41) is 8.85. The lowest BCUT2D eigenvalue weighted by molar-refractivity contribution is 0.0689. The molecule has 0 aliphatic heterocycles. The smallest absolute Gasteiger partial charge is 0.354 e. The molecule has 1 aromatic rings. The van der Waals surface area contributed by atoms with Crippen LogP contribution >= 0.6 is 0 Å². The number of carboxylic acid groups (broad SMARTS) is 1. The van der Waals surface area contributed by atoms with Crippen LogP contribution in [0.2, 0.25) is 0 Å². The van der Waals surface area contributed by atoms with Crippen LogP contribution in [0, 0.1) is 6.92 Å². The number of rotatable bonds is 2.